The molecule has 1 atom stereocenters. The van der Waals surface area contributed by atoms with Crippen LogP contribution in [0.3, 0.4) is 0 Å². The Morgan fingerprint density at radius 3 is 2.48 bits per heavy atom. The number of piperazine rings is 1. The first-order valence-electron chi connectivity index (χ1n) is 9.82. The molecule has 0 amide bonds. The van der Waals surface area contributed by atoms with Gasteiger partial charge in [-0.2, -0.15) is 0 Å². The quantitative estimate of drug-likeness (QED) is 0.817. The van der Waals surface area contributed by atoms with Gasteiger partial charge in [-0.05, 0) is 69.0 Å². The molecule has 3 rings (SSSR count). The number of hydrogen-bond donors (Lipinski definition) is 0. The fourth-order valence-corrected chi connectivity index (χ4v) is 4.32. The number of aryl methyl sites for hydroxylation is 2. The highest BCUT2D eigenvalue weighted by Crippen LogP contribution is 2.25. The number of likely N-dealkylation sites (N-methyl/N-ethyl adjacent to an activating group) is 1. The molecule has 0 saturated carbocycles. The molecule has 4 nitrogen and oxygen atoms in total. The number of likely N-dealkylation sites (tertiary alicyclic amines) is 1. The zero-order valence-electron chi connectivity index (χ0n) is 16.6. The first kappa shape index (κ1) is 18.7. The van der Waals surface area contributed by atoms with E-state index >= 15 is 0 Å². The third-order valence-corrected chi connectivity index (χ3v) is 5.96. The zero-order valence-corrected chi connectivity index (χ0v) is 16.6. The first-order chi connectivity index (χ1) is 12.0. The molecule has 2 aliphatic heterocycles. The molecule has 1 aromatic rings. The van der Waals surface area contributed by atoms with E-state index in [1.807, 2.05) is 0 Å². The van der Waals surface area contributed by atoms with E-state index in [2.05, 4.69) is 47.7 Å². The van der Waals surface area contributed by atoms with Crippen LogP contribution < -0.4 is 4.74 Å². The van der Waals surface area contributed by atoms with Gasteiger partial charge in [-0.15, -0.1) is 0 Å². The van der Waals surface area contributed by atoms with E-state index in [4.69, 9.17) is 4.74 Å². The molecular weight excluding hydrogens is 310 g/mol. The Kier molecular flexibility index (Phi) is 6.37. The predicted molar refractivity (Wildman–Crippen MR) is 104 cm³/mol. The van der Waals surface area contributed by atoms with Crippen LogP contribution in [-0.4, -0.2) is 74.7 Å². The normalized spacial score (nSPS) is 23.8. The lowest BCUT2D eigenvalue weighted by atomic mass is 9.96. The summed E-state index contributed by atoms with van der Waals surface area (Å²) in [6, 6.07) is 4.51. The molecule has 0 bridgehead atoms. The van der Waals surface area contributed by atoms with Gasteiger partial charge in [0.05, 0.1) is 7.11 Å². The molecule has 0 aliphatic carbocycles. The lowest BCUT2D eigenvalue weighted by Crippen LogP contribution is -2.48. The van der Waals surface area contributed by atoms with Crippen LogP contribution in [0.5, 0.6) is 5.75 Å². The molecule has 2 fully saturated rings. The highest BCUT2D eigenvalue weighted by atomic mass is 16.5. The molecule has 0 unspecified atom stereocenters. The lowest BCUT2D eigenvalue weighted by molar-refractivity contribution is 0.0965. The lowest BCUT2D eigenvalue weighted by Gasteiger charge is -2.38. The van der Waals surface area contributed by atoms with Crippen LogP contribution in [-0.2, 0) is 6.54 Å². The summed E-state index contributed by atoms with van der Waals surface area (Å²) in [7, 11) is 3.99. The van der Waals surface area contributed by atoms with Crippen LogP contribution in [0, 0.1) is 19.8 Å². The van der Waals surface area contributed by atoms with Crippen molar-refractivity contribution in [1.29, 1.82) is 0 Å². The van der Waals surface area contributed by atoms with Crippen molar-refractivity contribution in [3.8, 4) is 5.75 Å². The van der Waals surface area contributed by atoms with Crippen LogP contribution in [0.1, 0.15) is 29.5 Å². The van der Waals surface area contributed by atoms with E-state index in [1.54, 1.807) is 7.11 Å². The maximum absolute atomic E-state index is 5.46. The summed E-state index contributed by atoms with van der Waals surface area (Å²) < 4.78 is 5.46. The second-order valence-corrected chi connectivity index (χ2v) is 8.10. The fraction of sp³-hybridized carbons (Fsp3) is 0.714. The Labute approximate surface area is 153 Å². The monoisotopic (exact) mass is 345 g/mol. The van der Waals surface area contributed by atoms with E-state index in [0.717, 1.165) is 18.2 Å². The summed E-state index contributed by atoms with van der Waals surface area (Å²) in [5.74, 6) is 1.84. The minimum Gasteiger partial charge on any atom is -0.496 e. The summed E-state index contributed by atoms with van der Waals surface area (Å²) in [6.45, 7) is 14.1. The number of ether oxygens (including phenoxy) is 1. The second-order valence-electron chi connectivity index (χ2n) is 8.10. The smallest absolute Gasteiger partial charge is 0.122 e. The van der Waals surface area contributed by atoms with Gasteiger partial charge in [-0.25, -0.2) is 0 Å². The number of rotatable bonds is 5. The summed E-state index contributed by atoms with van der Waals surface area (Å²) in [5, 5.41) is 0. The van der Waals surface area contributed by atoms with Crippen LogP contribution in [0.15, 0.2) is 12.1 Å². The van der Waals surface area contributed by atoms with E-state index in [9.17, 15) is 0 Å². The van der Waals surface area contributed by atoms with Crippen LogP contribution in [0.2, 0.25) is 0 Å². The number of methoxy groups -OCH3 is 1. The van der Waals surface area contributed by atoms with Gasteiger partial charge in [-0.1, -0.05) is 6.07 Å². The number of nitrogens with zero attached hydrogens (tertiary/aromatic N) is 3. The van der Waals surface area contributed by atoms with Gasteiger partial charge >= 0.3 is 0 Å². The molecule has 2 aliphatic rings. The Hall–Kier alpha value is -1.10. The van der Waals surface area contributed by atoms with Crippen LogP contribution in [0.4, 0.5) is 0 Å². The standard InChI is InChI=1S/C21H35N3O/c1-17-13-21(25-4)18(2)12-20(17)16-24-7-5-6-19(15-24)14-23-10-8-22(3)9-11-23/h12-13,19H,5-11,14-16H2,1-4H3/t19-/m0/s1. The Morgan fingerprint density at radius 1 is 1.00 bits per heavy atom. The van der Waals surface area contributed by atoms with E-state index in [0.29, 0.717) is 0 Å². The van der Waals surface area contributed by atoms with E-state index in [-0.39, 0.29) is 0 Å². The number of piperidine rings is 1. The minimum absolute atomic E-state index is 0.830. The molecule has 2 heterocycles. The second kappa shape index (κ2) is 8.52. The van der Waals surface area contributed by atoms with Gasteiger partial charge < -0.3 is 14.5 Å². The van der Waals surface area contributed by atoms with Crippen molar-refractivity contribution >= 4 is 0 Å². The number of benzene rings is 1. The molecule has 0 aromatic heterocycles. The Bertz CT molecular complexity index is 567. The predicted octanol–water partition coefficient (Wildman–Crippen LogP) is 2.77. The third kappa shape index (κ3) is 4.96. The maximum atomic E-state index is 5.46. The van der Waals surface area contributed by atoms with Crippen LogP contribution >= 0.6 is 0 Å². The first-order valence-corrected chi connectivity index (χ1v) is 9.82. The summed E-state index contributed by atoms with van der Waals surface area (Å²) in [6.07, 6.45) is 2.73. The van der Waals surface area contributed by atoms with E-state index < -0.39 is 0 Å². The fourth-order valence-electron chi connectivity index (χ4n) is 4.32. The molecule has 0 spiro atoms. The average molecular weight is 346 g/mol. The van der Waals surface area contributed by atoms with Crippen molar-refractivity contribution in [1.82, 2.24) is 14.7 Å². The molecule has 1 aromatic carbocycles. The third-order valence-electron chi connectivity index (χ3n) is 5.96. The van der Waals surface area contributed by atoms with Crippen molar-refractivity contribution in [3.05, 3.63) is 28.8 Å². The highest BCUT2D eigenvalue weighted by molar-refractivity contribution is 5.41. The van der Waals surface area contributed by atoms with Crippen molar-refractivity contribution < 1.29 is 4.74 Å². The largest absolute Gasteiger partial charge is 0.496 e. The van der Waals surface area contributed by atoms with E-state index in [1.165, 1.54) is 75.3 Å². The molecule has 0 radical (unpaired) electrons. The zero-order chi connectivity index (χ0) is 17.8. The van der Waals surface area contributed by atoms with Gasteiger partial charge in [0.1, 0.15) is 5.75 Å². The molecule has 140 valence electrons. The van der Waals surface area contributed by atoms with Gasteiger partial charge in [0.15, 0.2) is 0 Å². The topological polar surface area (TPSA) is 19.0 Å². The summed E-state index contributed by atoms with van der Waals surface area (Å²) in [4.78, 5) is 7.79. The average Bonchev–Trinajstić information content (AvgIpc) is 2.60. The van der Waals surface area contributed by atoms with Crippen molar-refractivity contribution in [3.63, 3.8) is 0 Å². The molecule has 4 heteroatoms. The summed E-state index contributed by atoms with van der Waals surface area (Å²) >= 11 is 0. The molecule has 2 saturated heterocycles. The van der Waals surface area contributed by atoms with Crippen molar-refractivity contribution in [2.45, 2.75) is 33.2 Å². The molecule has 0 N–H and O–H groups in total. The molecule has 25 heavy (non-hydrogen) atoms. The van der Waals surface area contributed by atoms with Crippen molar-refractivity contribution in [2.24, 2.45) is 5.92 Å². The Balaban J connectivity index is 1.56. The Morgan fingerprint density at radius 2 is 1.76 bits per heavy atom. The summed E-state index contributed by atoms with van der Waals surface area (Å²) in [5.41, 5.74) is 4.05. The van der Waals surface area contributed by atoms with Gasteiger partial charge in [0.2, 0.25) is 0 Å². The van der Waals surface area contributed by atoms with Crippen molar-refractivity contribution in [2.75, 3.05) is 60.0 Å². The molecular formula is C21H35N3O. The van der Waals surface area contributed by atoms with Gasteiger partial charge in [0.25, 0.3) is 0 Å². The minimum atomic E-state index is 0.830. The number of hydrogen-bond acceptors (Lipinski definition) is 4. The van der Waals surface area contributed by atoms with Crippen LogP contribution in [0.25, 0.3) is 0 Å². The highest BCUT2D eigenvalue weighted by Gasteiger charge is 2.24. The van der Waals surface area contributed by atoms with Gasteiger partial charge in [-0.3, -0.25) is 4.90 Å². The van der Waals surface area contributed by atoms with Gasteiger partial charge in [0, 0.05) is 45.8 Å². The SMILES string of the molecule is COc1cc(C)c(CN2CCC[C@@H](CN3CCN(C)CC3)C2)cc1C. The maximum Gasteiger partial charge on any atom is 0.122 e.